The molecule has 1 heterocycles. The maximum absolute atomic E-state index is 13.3. The topological polar surface area (TPSA) is 52.7 Å². The van der Waals surface area contributed by atoms with Crippen molar-refractivity contribution in [3.8, 4) is 0 Å². The van der Waals surface area contributed by atoms with Crippen LogP contribution in [0.15, 0.2) is 66.0 Å². The van der Waals surface area contributed by atoms with E-state index in [0.29, 0.717) is 19.6 Å². The summed E-state index contributed by atoms with van der Waals surface area (Å²) >= 11 is 1.63. The lowest BCUT2D eigenvalue weighted by atomic mass is 10.1. The summed E-state index contributed by atoms with van der Waals surface area (Å²) in [6.07, 6.45) is 0.775. The number of carbonyl (C=O) groups is 2. The highest BCUT2D eigenvalue weighted by Crippen LogP contribution is 2.17. The van der Waals surface area contributed by atoms with Gasteiger partial charge in [-0.25, -0.2) is 4.79 Å². The van der Waals surface area contributed by atoms with Gasteiger partial charge in [-0.05, 0) is 60.5 Å². The van der Waals surface area contributed by atoms with Crippen molar-refractivity contribution in [2.24, 2.45) is 0 Å². The molecule has 0 unspecified atom stereocenters. The average molecular weight is 450 g/mol. The summed E-state index contributed by atoms with van der Waals surface area (Å²) in [6, 6.07) is 19.6. The third-order valence-corrected chi connectivity index (χ3v) is 6.22. The van der Waals surface area contributed by atoms with Crippen molar-refractivity contribution < 1.29 is 9.59 Å². The molecule has 1 aromatic heterocycles. The Labute approximate surface area is 194 Å². The van der Waals surface area contributed by atoms with E-state index in [9.17, 15) is 9.59 Å². The summed E-state index contributed by atoms with van der Waals surface area (Å²) < 4.78 is 0. The predicted molar refractivity (Wildman–Crippen MR) is 132 cm³/mol. The molecule has 3 rings (SSSR count). The Balaban J connectivity index is 1.72. The van der Waals surface area contributed by atoms with E-state index < -0.39 is 0 Å². The van der Waals surface area contributed by atoms with Gasteiger partial charge in [-0.3, -0.25) is 4.79 Å². The fourth-order valence-electron chi connectivity index (χ4n) is 3.43. The van der Waals surface area contributed by atoms with Crippen LogP contribution >= 0.6 is 11.3 Å². The maximum atomic E-state index is 13.3. The Bertz CT molecular complexity index is 1020. The number of urea groups is 1. The molecule has 168 valence electrons. The quantitative estimate of drug-likeness (QED) is 0.446. The fourth-order valence-corrected chi connectivity index (χ4v) is 4.15. The highest BCUT2D eigenvalue weighted by atomic mass is 32.1. The molecule has 0 saturated carbocycles. The number of rotatable bonds is 9. The van der Waals surface area contributed by atoms with E-state index in [1.807, 2.05) is 91.7 Å². The maximum Gasteiger partial charge on any atom is 0.322 e. The summed E-state index contributed by atoms with van der Waals surface area (Å²) in [5.41, 5.74) is 4.10. The molecule has 0 aliphatic carbocycles. The van der Waals surface area contributed by atoms with E-state index in [2.05, 4.69) is 5.32 Å². The van der Waals surface area contributed by atoms with Crippen molar-refractivity contribution in [2.45, 2.75) is 40.3 Å². The fraction of sp³-hybridized carbons (Fsp3) is 0.308. The zero-order chi connectivity index (χ0) is 22.9. The number of hydrogen-bond acceptors (Lipinski definition) is 3. The largest absolute Gasteiger partial charge is 0.332 e. The normalized spacial score (nSPS) is 10.6. The van der Waals surface area contributed by atoms with Gasteiger partial charge in [0.25, 0.3) is 0 Å². The summed E-state index contributed by atoms with van der Waals surface area (Å²) in [6.45, 7) is 7.67. The Kier molecular flexibility index (Phi) is 8.45. The van der Waals surface area contributed by atoms with Crippen LogP contribution < -0.4 is 5.32 Å². The number of benzene rings is 2. The monoisotopic (exact) mass is 449 g/mol. The van der Waals surface area contributed by atoms with Gasteiger partial charge in [-0.1, -0.05) is 49.4 Å². The molecule has 0 bridgehead atoms. The van der Waals surface area contributed by atoms with Gasteiger partial charge in [0.05, 0.1) is 6.54 Å². The van der Waals surface area contributed by atoms with Gasteiger partial charge < -0.3 is 15.1 Å². The molecule has 5 nitrogen and oxygen atoms in total. The minimum Gasteiger partial charge on any atom is -0.332 e. The summed E-state index contributed by atoms with van der Waals surface area (Å²) in [5, 5.41) is 4.97. The summed E-state index contributed by atoms with van der Waals surface area (Å²) in [4.78, 5) is 30.9. The molecule has 0 radical (unpaired) electrons. The van der Waals surface area contributed by atoms with Crippen molar-refractivity contribution in [2.75, 3.05) is 18.4 Å². The van der Waals surface area contributed by atoms with Crippen LogP contribution in [0.4, 0.5) is 10.5 Å². The van der Waals surface area contributed by atoms with E-state index in [0.717, 1.165) is 28.1 Å². The first-order valence-corrected chi connectivity index (χ1v) is 11.8. The van der Waals surface area contributed by atoms with Crippen LogP contribution in [0, 0.1) is 13.8 Å². The highest BCUT2D eigenvalue weighted by Gasteiger charge is 2.22. The minimum atomic E-state index is -0.251. The first-order valence-electron chi connectivity index (χ1n) is 10.9. The zero-order valence-electron chi connectivity index (χ0n) is 19.0. The molecule has 0 atom stereocenters. The average Bonchev–Trinajstić information content (AvgIpc) is 3.29. The number of anilines is 1. The molecule has 6 heteroatoms. The van der Waals surface area contributed by atoms with E-state index in [-0.39, 0.29) is 18.5 Å². The van der Waals surface area contributed by atoms with E-state index in [1.165, 1.54) is 5.56 Å². The number of nitrogens with one attached hydrogen (secondary N) is 1. The number of hydrogen-bond donors (Lipinski definition) is 1. The predicted octanol–water partition coefficient (Wildman–Crippen LogP) is 5.84. The number of nitrogens with zero attached hydrogens (tertiary/aromatic N) is 2. The van der Waals surface area contributed by atoms with Crippen molar-refractivity contribution >= 4 is 29.0 Å². The molecule has 2 aromatic carbocycles. The molecule has 3 aromatic rings. The molecule has 32 heavy (non-hydrogen) atoms. The van der Waals surface area contributed by atoms with Gasteiger partial charge in [0, 0.05) is 23.7 Å². The minimum absolute atomic E-state index is 0.0444. The van der Waals surface area contributed by atoms with Crippen LogP contribution in [0.2, 0.25) is 0 Å². The molecule has 0 spiro atoms. The number of thiophene rings is 1. The third-order valence-electron chi connectivity index (χ3n) is 5.36. The molecule has 0 saturated heterocycles. The molecule has 1 N–H and O–H groups in total. The van der Waals surface area contributed by atoms with Crippen LogP contribution in [0.3, 0.4) is 0 Å². The van der Waals surface area contributed by atoms with Crippen LogP contribution in [0.25, 0.3) is 0 Å². The molecule has 3 amide bonds. The van der Waals surface area contributed by atoms with Crippen LogP contribution in [-0.2, 0) is 17.9 Å². The lowest BCUT2D eigenvalue weighted by Gasteiger charge is -2.27. The second kappa shape index (κ2) is 11.5. The van der Waals surface area contributed by atoms with E-state index in [1.54, 1.807) is 16.2 Å². The SMILES string of the molecule is CCCN(CC(=O)N(Cc1ccccc1)Cc1cccs1)C(=O)Nc1ccc(C)c(C)c1. The lowest BCUT2D eigenvalue weighted by molar-refractivity contribution is -0.133. The molecular formula is C26H31N3O2S. The Morgan fingerprint density at radius 2 is 1.69 bits per heavy atom. The van der Waals surface area contributed by atoms with Gasteiger partial charge in [-0.2, -0.15) is 0 Å². The molecular weight excluding hydrogens is 418 g/mol. The zero-order valence-corrected chi connectivity index (χ0v) is 19.8. The number of amides is 3. The van der Waals surface area contributed by atoms with Crippen molar-refractivity contribution in [1.29, 1.82) is 0 Å². The molecule has 0 aliphatic heterocycles. The Morgan fingerprint density at radius 1 is 0.906 bits per heavy atom. The van der Waals surface area contributed by atoms with Crippen molar-refractivity contribution in [1.82, 2.24) is 9.80 Å². The smallest absolute Gasteiger partial charge is 0.322 e. The molecule has 0 fully saturated rings. The standard InChI is InChI=1S/C26H31N3O2S/c1-4-14-28(26(31)27-23-13-12-20(2)21(3)16-23)19-25(30)29(18-24-11-8-15-32-24)17-22-9-6-5-7-10-22/h5-13,15-16H,4,14,17-19H2,1-3H3,(H,27,31). The summed E-state index contributed by atoms with van der Waals surface area (Å²) in [7, 11) is 0. The van der Waals surface area contributed by atoms with Crippen molar-refractivity contribution in [3.63, 3.8) is 0 Å². The van der Waals surface area contributed by atoms with Crippen LogP contribution in [-0.4, -0.2) is 34.8 Å². The van der Waals surface area contributed by atoms with E-state index in [4.69, 9.17) is 0 Å². The van der Waals surface area contributed by atoms with Crippen molar-refractivity contribution in [3.05, 3.63) is 87.6 Å². The van der Waals surface area contributed by atoms with Gasteiger partial charge in [0.1, 0.15) is 6.54 Å². The van der Waals surface area contributed by atoms with E-state index >= 15 is 0 Å². The number of carbonyl (C=O) groups excluding carboxylic acids is 2. The van der Waals surface area contributed by atoms with Gasteiger partial charge in [-0.15, -0.1) is 11.3 Å². The lowest BCUT2D eigenvalue weighted by Crippen LogP contribution is -2.44. The second-order valence-electron chi connectivity index (χ2n) is 7.97. The van der Waals surface area contributed by atoms with Gasteiger partial charge in [0.2, 0.25) is 5.91 Å². The molecule has 0 aliphatic rings. The Hall–Kier alpha value is -3.12. The summed E-state index contributed by atoms with van der Waals surface area (Å²) in [5.74, 6) is -0.0639. The Morgan fingerprint density at radius 3 is 2.34 bits per heavy atom. The van der Waals surface area contributed by atoms with Gasteiger partial charge >= 0.3 is 6.03 Å². The number of aryl methyl sites for hydroxylation is 2. The van der Waals surface area contributed by atoms with Crippen LogP contribution in [0.5, 0.6) is 0 Å². The third kappa shape index (κ3) is 6.69. The first kappa shape index (κ1) is 23.5. The second-order valence-corrected chi connectivity index (χ2v) is 9.00. The van der Waals surface area contributed by atoms with Crippen LogP contribution in [0.1, 0.15) is 34.9 Å². The first-order chi connectivity index (χ1) is 15.5. The highest BCUT2D eigenvalue weighted by molar-refractivity contribution is 7.09. The van der Waals surface area contributed by atoms with Gasteiger partial charge in [0.15, 0.2) is 0 Å².